The molecule has 0 radical (unpaired) electrons. The number of hydrogen-bond donors (Lipinski definition) is 1. The molecule has 2 aliphatic heterocycles. The van der Waals surface area contributed by atoms with Crippen molar-refractivity contribution in [3.05, 3.63) is 120 Å². The average molecular weight is 600 g/mol. The highest BCUT2D eigenvalue weighted by atomic mass is 16.2. The highest BCUT2D eigenvalue weighted by Gasteiger charge is 2.32. The summed E-state index contributed by atoms with van der Waals surface area (Å²) in [5.41, 5.74) is 6.26. The molecule has 0 bridgehead atoms. The smallest absolute Gasteiger partial charge is 0.225 e. The van der Waals surface area contributed by atoms with Crippen LogP contribution in [-0.2, 0) is 24.4 Å². The van der Waals surface area contributed by atoms with E-state index in [0.29, 0.717) is 18.4 Å². The van der Waals surface area contributed by atoms with Gasteiger partial charge in [0.15, 0.2) is 0 Å². The second kappa shape index (κ2) is 13.6. The zero-order valence-corrected chi connectivity index (χ0v) is 25.8. The Kier molecular flexibility index (Phi) is 8.82. The number of nitrogens with zero attached hydrogens (tertiary/aromatic N) is 6. The second-order valence-corrected chi connectivity index (χ2v) is 12.5. The molecule has 8 nitrogen and oxygen atoms in total. The number of likely N-dealkylation sites (tertiary alicyclic amines) is 2. The summed E-state index contributed by atoms with van der Waals surface area (Å²) in [6, 6.07) is 21.1. The van der Waals surface area contributed by atoms with Gasteiger partial charge in [0.2, 0.25) is 5.91 Å². The van der Waals surface area contributed by atoms with Crippen LogP contribution in [0.2, 0.25) is 0 Å². The molecule has 0 spiro atoms. The lowest BCUT2D eigenvalue weighted by molar-refractivity contribution is -0.138. The van der Waals surface area contributed by atoms with Gasteiger partial charge in [-0.2, -0.15) is 0 Å². The Morgan fingerprint density at radius 1 is 0.778 bits per heavy atom. The first-order chi connectivity index (χ1) is 22.2. The van der Waals surface area contributed by atoms with Gasteiger partial charge in [-0.3, -0.25) is 19.7 Å². The fourth-order valence-corrected chi connectivity index (χ4v) is 7.05. The number of amides is 1. The van der Waals surface area contributed by atoms with Crippen molar-refractivity contribution in [2.24, 2.45) is 5.92 Å². The van der Waals surface area contributed by atoms with Crippen molar-refractivity contribution in [2.75, 3.05) is 31.5 Å². The maximum Gasteiger partial charge on any atom is 0.225 e. The van der Waals surface area contributed by atoms with E-state index >= 15 is 0 Å². The van der Waals surface area contributed by atoms with E-state index in [1.54, 1.807) is 6.20 Å². The highest BCUT2D eigenvalue weighted by molar-refractivity contribution is 5.85. The zero-order valence-electron chi connectivity index (χ0n) is 25.8. The van der Waals surface area contributed by atoms with Crippen LogP contribution in [0.15, 0.2) is 97.8 Å². The number of pyridine rings is 3. The summed E-state index contributed by atoms with van der Waals surface area (Å²) in [5, 5.41) is 4.74. The van der Waals surface area contributed by atoms with Crippen molar-refractivity contribution < 1.29 is 4.79 Å². The number of aromatic nitrogens is 4. The molecule has 0 aliphatic carbocycles. The first-order valence-corrected chi connectivity index (χ1v) is 16.2. The predicted molar refractivity (Wildman–Crippen MR) is 178 cm³/mol. The third-order valence-corrected chi connectivity index (χ3v) is 9.51. The van der Waals surface area contributed by atoms with Crippen LogP contribution in [0.3, 0.4) is 0 Å². The predicted octanol–water partition coefficient (Wildman–Crippen LogP) is 6.10. The normalized spacial score (nSPS) is 16.7. The Labute approximate surface area is 265 Å². The van der Waals surface area contributed by atoms with Crippen LogP contribution in [0.1, 0.15) is 53.9 Å². The molecule has 2 aliphatic rings. The Bertz CT molecular complexity index is 1710. The highest BCUT2D eigenvalue weighted by Crippen LogP contribution is 2.35. The lowest BCUT2D eigenvalue weighted by Crippen LogP contribution is -2.45. The lowest BCUT2D eigenvalue weighted by Gasteiger charge is -2.37. The monoisotopic (exact) mass is 599 g/mol. The molecule has 1 aromatic carbocycles. The van der Waals surface area contributed by atoms with Crippen molar-refractivity contribution in [1.82, 2.24) is 29.3 Å². The van der Waals surface area contributed by atoms with Crippen molar-refractivity contribution in [3.8, 4) is 0 Å². The number of para-hydroxylation sites is 1. The number of piperidine rings is 2. The molecule has 5 aromatic rings. The van der Waals surface area contributed by atoms with E-state index in [4.69, 9.17) is 0 Å². The SMILES string of the molecule is O=C(C1CCN(Cc2ccnc(NCc3cccnc3)c2)CC1)N1CCC(c2cn(Cc3cccnc3)c3ccccc23)CC1. The van der Waals surface area contributed by atoms with Gasteiger partial charge in [-0.15, -0.1) is 0 Å². The van der Waals surface area contributed by atoms with E-state index in [1.807, 2.05) is 36.9 Å². The average Bonchev–Trinajstić information content (AvgIpc) is 3.46. The third kappa shape index (κ3) is 6.91. The number of carbonyl (C=O) groups excluding carboxylic acids is 1. The Balaban J connectivity index is 0.905. The maximum atomic E-state index is 13.6. The maximum absolute atomic E-state index is 13.6. The molecular weight excluding hydrogens is 558 g/mol. The van der Waals surface area contributed by atoms with Gasteiger partial charge in [0.05, 0.1) is 0 Å². The minimum Gasteiger partial charge on any atom is -0.366 e. The zero-order chi connectivity index (χ0) is 30.4. The molecule has 2 fully saturated rings. The standard InChI is InChI=1S/C37H41N7O/c45-37(32-10-17-42(18-11-32)25-28-9-16-40-36(21-28)41-24-29-5-3-14-38-22-29)43-19-12-31(13-20-43)34-27-44(26-30-6-4-15-39-23-30)35-8-2-1-7-33(34)35/h1-9,14-16,21-23,27,31-32H,10-13,17-20,24-26H2,(H,40,41). The van der Waals surface area contributed by atoms with Crippen LogP contribution in [-0.4, -0.2) is 61.4 Å². The van der Waals surface area contributed by atoms with Crippen LogP contribution >= 0.6 is 0 Å². The molecule has 7 rings (SSSR count). The van der Waals surface area contributed by atoms with Gasteiger partial charge in [-0.25, -0.2) is 4.98 Å². The fraction of sp³-hybridized carbons (Fsp3) is 0.351. The van der Waals surface area contributed by atoms with Crippen molar-refractivity contribution in [2.45, 2.75) is 51.2 Å². The lowest BCUT2D eigenvalue weighted by atomic mass is 9.88. The summed E-state index contributed by atoms with van der Waals surface area (Å²) in [5.74, 6) is 1.84. The summed E-state index contributed by atoms with van der Waals surface area (Å²) >= 11 is 0. The Hall–Kier alpha value is -4.56. The molecule has 6 heterocycles. The number of carbonyl (C=O) groups is 1. The van der Waals surface area contributed by atoms with Crippen molar-refractivity contribution in [3.63, 3.8) is 0 Å². The molecule has 4 aromatic heterocycles. The van der Waals surface area contributed by atoms with E-state index in [0.717, 1.165) is 76.3 Å². The van der Waals surface area contributed by atoms with E-state index in [-0.39, 0.29) is 5.92 Å². The number of anilines is 1. The van der Waals surface area contributed by atoms with Gasteiger partial charge < -0.3 is 14.8 Å². The van der Waals surface area contributed by atoms with Gasteiger partial charge >= 0.3 is 0 Å². The number of hydrogen-bond acceptors (Lipinski definition) is 6. The van der Waals surface area contributed by atoms with Crippen LogP contribution < -0.4 is 5.32 Å². The summed E-state index contributed by atoms with van der Waals surface area (Å²) in [7, 11) is 0. The third-order valence-electron chi connectivity index (χ3n) is 9.51. The largest absolute Gasteiger partial charge is 0.366 e. The number of fused-ring (bicyclic) bond motifs is 1. The molecule has 0 unspecified atom stereocenters. The summed E-state index contributed by atoms with van der Waals surface area (Å²) in [6.07, 6.45) is 15.5. The van der Waals surface area contributed by atoms with Gasteiger partial charge in [0, 0.05) is 86.7 Å². The number of nitrogens with one attached hydrogen (secondary N) is 1. The summed E-state index contributed by atoms with van der Waals surface area (Å²) < 4.78 is 2.36. The van der Waals surface area contributed by atoms with E-state index in [1.165, 1.54) is 27.6 Å². The van der Waals surface area contributed by atoms with Crippen LogP contribution in [0, 0.1) is 5.92 Å². The summed E-state index contributed by atoms with van der Waals surface area (Å²) in [6.45, 7) is 5.98. The van der Waals surface area contributed by atoms with Crippen LogP contribution in [0.25, 0.3) is 10.9 Å². The van der Waals surface area contributed by atoms with Crippen molar-refractivity contribution in [1.29, 1.82) is 0 Å². The van der Waals surface area contributed by atoms with Crippen LogP contribution in [0.5, 0.6) is 0 Å². The van der Waals surface area contributed by atoms with Gasteiger partial charge in [-0.1, -0.05) is 30.3 Å². The van der Waals surface area contributed by atoms with Crippen molar-refractivity contribution >= 4 is 22.6 Å². The van der Waals surface area contributed by atoms with Gasteiger partial charge in [0.25, 0.3) is 0 Å². The van der Waals surface area contributed by atoms with E-state index in [2.05, 4.69) is 89.4 Å². The molecule has 1 amide bonds. The fourth-order valence-electron chi connectivity index (χ4n) is 7.05. The molecule has 1 N–H and O–H groups in total. The number of rotatable bonds is 9. The molecular formula is C37H41N7O. The molecule has 2 saturated heterocycles. The minimum absolute atomic E-state index is 0.133. The summed E-state index contributed by atoms with van der Waals surface area (Å²) in [4.78, 5) is 31.2. The van der Waals surface area contributed by atoms with Gasteiger partial charge in [0.1, 0.15) is 5.82 Å². The number of benzene rings is 1. The molecule has 8 heteroatoms. The second-order valence-electron chi connectivity index (χ2n) is 12.5. The molecule has 230 valence electrons. The quantitative estimate of drug-likeness (QED) is 0.221. The minimum atomic E-state index is 0.133. The molecule has 0 saturated carbocycles. The van der Waals surface area contributed by atoms with E-state index in [9.17, 15) is 4.79 Å². The van der Waals surface area contributed by atoms with Crippen LogP contribution in [0.4, 0.5) is 5.82 Å². The molecule has 45 heavy (non-hydrogen) atoms. The molecule has 0 atom stereocenters. The first-order valence-electron chi connectivity index (χ1n) is 16.2. The first kappa shape index (κ1) is 29.2. The van der Waals surface area contributed by atoms with E-state index < -0.39 is 0 Å². The Morgan fingerprint density at radius 3 is 2.29 bits per heavy atom. The van der Waals surface area contributed by atoms with Gasteiger partial charge in [-0.05, 0) is 97.3 Å². The Morgan fingerprint density at radius 2 is 1.53 bits per heavy atom. The topological polar surface area (TPSA) is 79.2 Å².